The maximum atomic E-state index is 11.6. The van der Waals surface area contributed by atoms with Crippen molar-refractivity contribution in [2.75, 3.05) is 18.9 Å². The van der Waals surface area contributed by atoms with Crippen LogP contribution in [0.25, 0.3) is 0 Å². The summed E-state index contributed by atoms with van der Waals surface area (Å²) in [6.07, 6.45) is 3.63. The first-order valence-corrected chi connectivity index (χ1v) is 6.31. The molecule has 0 aromatic rings. The van der Waals surface area contributed by atoms with Crippen molar-refractivity contribution in [2.45, 2.75) is 37.5 Å². The maximum Gasteiger partial charge on any atom is 0.0690 e. The minimum atomic E-state index is -0.812. The first-order valence-electron chi connectivity index (χ1n) is 4.93. The van der Waals surface area contributed by atoms with Crippen LogP contribution >= 0.6 is 0 Å². The van der Waals surface area contributed by atoms with Gasteiger partial charge in [-0.15, -0.1) is 0 Å². The van der Waals surface area contributed by atoms with E-state index in [0.29, 0.717) is 12.3 Å². The summed E-state index contributed by atoms with van der Waals surface area (Å²) in [5.74, 6) is 0.665. The fourth-order valence-corrected chi connectivity index (χ4v) is 2.57. The van der Waals surface area contributed by atoms with Crippen molar-refractivity contribution in [1.29, 1.82) is 0 Å². The molecule has 2 N–H and O–H groups in total. The molecule has 1 aliphatic rings. The van der Waals surface area contributed by atoms with E-state index in [0.717, 1.165) is 19.4 Å². The Morgan fingerprint density at radius 3 is 2.92 bits per heavy atom. The molecule has 1 rings (SSSR count). The molecule has 0 aliphatic carbocycles. The zero-order valence-electron chi connectivity index (χ0n) is 8.20. The lowest BCUT2D eigenvalue weighted by Crippen LogP contribution is -2.31. The highest BCUT2D eigenvalue weighted by atomic mass is 32.2. The lowest BCUT2D eigenvalue weighted by atomic mass is 10.1. The van der Waals surface area contributed by atoms with Gasteiger partial charge in [-0.05, 0) is 26.2 Å². The molecule has 1 saturated heterocycles. The molecule has 13 heavy (non-hydrogen) atoms. The lowest BCUT2D eigenvalue weighted by molar-refractivity contribution is 0.0309. The summed E-state index contributed by atoms with van der Waals surface area (Å²) in [6, 6.07) is 0. The van der Waals surface area contributed by atoms with Crippen molar-refractivity contribution in [3.05, 3.63) is 0 Å². The van der Waals surface area contributed by atoms with Crippen LogP contribution in [0.4, 0.5) is 0 Å². The third-order valence-corrected chi connectivity index (χ3v) is 4.20. The Morgan fingerprint density at radius 2 is 2.38 bits per heavy atom. The van der Waals surface area contributed by atoms with Gasteiger partial charge >= 0.3 is 0 Å². The van der Waals surface area contributed by atoms with Gasteiger partial charge in [-0.1, -0.05) is 0 Å². The van der Waals surface area contributed by atoms with Crippen molar-refractivity contribution >= 4 is 10.8 Å². The smallest absolute Gasteiger partial charge is 0.0690 e. The van der Waals surface area contributed by atoms with Gasteiger partial charge in [0.2, 0.25) is 0 Å². The van der Waals surface area contributed by atoms with Crippen molar-refractivity contribution in [1.82, 2.24) is 0 Å². The maximum absolute atomic E-state index is 11.6. The third-order valence-electron chi connectivity index (χ3n) is 2.40. The van der Waals surface area contributed by atoms with Gasteiger partial charge in [0.25, 0.3) is 0 Å². The van der Waals surface area contributed by atoms with Gasteiger partial charge in [0.1, 0.15) is 0 Å². The minimum absolute atomic E-state index is 0.102. The zero-order chi connectivity index (χ0) is 9.68. The fraction of sp³-hybridized carbons (Fsp3) is 1.00. The monoisotopic (exact) mass is 205 g/mol. The van der Waals surface area contributed by atoms with E-state index >= 15 is 0 Å². The molecule has 1 aliphatic heterocycles. The molecule has 0 amide bonds. The van der Waals surface area contributed by atoms with E-state index in [9.17, 15) is 4.21 Å². The predicted molar refractivity (Wildman–Crippen MR) is 55.1 cm³/mol. The average molecular weight is 205 g/mol. The highest BCUT2D eigenvalue weighted by Gasteiger charge is 2.19. The van der Waals surface area contributed by atoms with Crippen LogP contribution in [0.3, 0.4) is 0 Å². The molecule has 1 heterocycles. The van der Waals surface area contributed by atoms with E-state index in [4.69, 9.17) is 10.5 Å². The van der Waals surface area contributed by atoms with Gasteiger partial charge < -0.3 is 10.5 Å². The van der Waals surface area contributed by atoms with Gasteiger partial charge in [0.15, 0.2) is 0 Å². The van der Waals surface area contributed by atoms with Crippen molar-refractivity contribution in [3.63, 3.8) is 0 Å². The highest BCUT2D eigenvalue weighted by molar-refractivity contribution is 7.85. The molecule has 0 radical (unpaired) electrons. The molecule has 1 fully saturated rings. The Bertz CT molecular complexity index is 169. The van der Waals surface area contributed by atoms with Gasteiger partial charge in [-0.25, -0.2) is 0 Å². The van der Waals surface area contributed by atoms with Crippen molar-refractivity contribution in [3.8, 4) is 0 Å². The molecule has 0 aromatic heterocycles. The molecule has 3 nitrogen and oxygen atoms in total. The number of hydrogen-bond acceptors (Lipinski definition) is 3. The van der Waals surface area contributed by atoms with Gasteiger partial charge in [-0.3, -0.25) is 4.21 Å². The summed E-state index contributed by atoms with van der Waals surface area (Å²) in [5, 5.41) is 0.102. The molecular weight excluding hydrogens is 186 g/mol. The van der Waals surface area contributed by atoms with Crippen molar-refractivity contribution in [2.24, 2.45) is 5.73 Å². The van der Waals surface area contributed by atoms with Crippen LogP contribution < -0.4 is 5.73 Å². The van der Waals surface area contributed by atoms with E-state index in [-0.39, 0.29) is 11.4 Å². The Labute approximate surface area is 82.5 Å². The molecule has 3 unspecified atom stereocenters. The molecule has 3 atom stereocenters. The number of rotatable bonds is 4. The summed E-state index contributed by atoms with van der Waals surface area (Å²) in [7, 11) is -0.812. The zero-order valence-corrected chi connectivity index (χ0v) is 9.02. The molecule has 0 saturated carbocycles. The van der Waals surface area contributed by atoms with E-state index in [1.165, 1.54) is 6.42 Å². The summed E-state index contributed by atoms with van der Waals surface area (Å²) < 4.78 is 17.1. The Kier molecular flexibility index (Phi) is 4.91. The molecule has 0 spiro atoms. The fourth-order valence-electron chi connectivity index (χ4n) is 1.39. The summed E-state index contributed by atoms with van der Waals surface area (Å²) in [4.78, 5) is 0. The van der Waals surface area contributed by atoms with Crippen LogP contribution in [0.5, 0.6) is 0 Å². The van der Waals surface area contributed by atoms with E-state index in [2.05, 4.69) is 0 Å². The van der Waals surface area contributed by atoms with E-state index in [1.54, 1.807) is 0 Å². The first kappa shape index (κ1) is 11.1. The quantitative estimate of drug-likeness (QED) is 0.733. The largest absolute Gasteiger partial charge is 0.377 e. The predicted octanol–water partition coefficient (Wildman–Crippen LogP) is 0.651. The van der Waals surface area contributed by atoms with Gasteiger partial charge in [0.05, 0.1) is 11.9 Å². The first-order chi connectivity index (χ1) is 6.24. The average Bonchev–Trinajstić information content (AvgIpc) is 2.18. The molecule has 4 heteroatoms. The Morgan fingerprint density at radius 1 is 1.62 bits per heavy atom. The molecule has 78 valence electrons. The van der Waals surface area contributed by atoms with Crippen LogP contribution in [0.15, 0.2) is 0 Å². The number of hydrogen-bond donors (Lipinski definition) is 1. The molecule has 0 aromatic carbocycles. The standard InChI is InChI=1S/C9H19NO2S/c1-8(6-10)13(11)7-9-4-2-3-5-12-9/h8-9H,2-7,10H2,1H3. The van der Waals surface area contributed by atoms with Crippen LogP contribution in [0.2, 0.25) is 0 Å². The van der Waals surface area contributed by atoms with Crippen LogP contribution in [-0.4, -0.2) is 34.5 Å². The second kappa shape index (κ2) is 5.73. The lowest BCUT2D eigenvalue weighted by Gasteiger charge is -2.23. The van der Waals surface area contributed by atoms with Crippen LogP contribution in [0.1, 0.15) is 26.2 Å². The minimum Gasteiger partial charge on any atom is -0.377 e. The highest BCUT2D eigenvalue weighted by Crippen LogP contribution is 2.14. The van der Waals surface area contributed by atoms with Crippen LogP contribution in [-0.2, 0) is 15.5 Å². The van der Waals surface area contributed by atoms with Gasteiger partial charge in [-0.2, -0.15) is 0 Å². The number of ether oxygens (including phenoxy) is 1. The molecular formula is C9H19NO2S. The van der Waals surface area contributed by atoms with E-state index in [1.807, 2.05) is 6.92 Å². The summed E-state index contributed by atoms with van der Waals surface area (Å²) >= 11 is 0. The summed E-state index contributed by atoms with van der Waals surface area (Å²) in [6.45, 7) is 3.26. The Hall–Kier alpha value is 0.0700. The Balaban J connectivity index is 2.26. The topological polar surface area (TPSA) is 52.3 Å². The normalized spacial score (nSPS) is 28.3. The summed E-state index contributed by atoms with van der Waals surface area (Å²) in [5.41, 5.74) is 5.44. The van der Waals surface area contributed by atoms with Crippen LogP contribution in [0, 0.1) is 0 Å². The van der Waals surface area contributed by atoms with E-state index < -0.39 is 10.8 Å². The molecule has 0 bridgehead atoms. The van der Waals surface area contributed by atoms with Gasteiger partial charge in [0, 0.05) is 29.2 Å². The van der Waals surface area contributed by atoms with Crippen molar-refractivity contribution < 1.29 is 8.95 Å². The third kappa shape index (κ3) is 3.75. The second-order valence-electron chi connectivity index (χ2n) is 3.58. The SMILES string of the molecule is CC(CN)S(=O)CC1CCCCO1. The number of nitrogens with two attached hydrogens (primary N) is 1. The second-order valence-corrected chi connectivity index (χ2v) is 5.48.